The molecule has 23 heavy (non-hydrogen) atoms. The normalized spacial score (nSPS) is 24.6. The van der Waals surface area contributed by atoms with Crippen LogP contribution in [0.3, 0.4) is 0 Å². The Hall–Kier alpha value is -1.69. The molecular weight excluding hydrogens is 302 g/mol. The lowest BCUT2D eigenvalue weighted by Gasteiger charge is -2.35. The molecular formula is C17H22F2N2O2. The Morgan fingerprint density at radius 1 is 1.17 bits per heavy atom. The minimum absolute atomic E-state index is 0.0814. The van der Waals surface area contributed by atoms with E-state index in [0.29, 0.717) is 26.2 Å². The van der Waals surface area contributed by atoms with Crippen LogP contribution in [-0.2, 0) is 11.3 Å². The van der Waals surface area contributed by atoms with E-state index in [1.54, 1.807) is 4.90 Å². The first-order chi connectivity index (χ1) is 11.0. The Bertz CT molecular complexity index is 529. The molecule has 1 atom stereocenters. The Morgan fingerprint density at radius 3 is 2.57 bits per heavy atom. The van der Waals surface area contributed by atoms with Crippen molar-refractivity contribution < 1.29 is 18.3 Å². The fourth-order valence-electron chi connectivity index (χ4n) is 3.23. The monoisotopic (exact) mass is 324 g/mol. The summed E-state index contributed by atoms with van der Waals surface area (Å²) in [4.78, 5) is 15.9. The highest BCUT2D eigenvalue weighted by Gasteiger charge is 2.38. The average Bonchev–Trinajstić information content (AvgIpc) is 3.03. The molecule has 0 N–H and O–H groups in total. The summed E-state index contributed by atoms with van der Waals surface area (Å²) in [6.07, 6.45) is 0.342. The molecule has 1 amide bonds. The SMILES string of the molecule is O=C(OCc1ccccc1)N1CC[C@@H](N2CCC(F)(F)CC2)C1. The highest BCUT2D eigenvalue weighted by Crippen LogP contribution is 2.30. The summed E-state index contributed by atoms with van der Waals surface area (Å²) in [5.41, 5.74) is 0.954. The van der Waals surface area contributed by atoms with E-state index in [1.807, 2.05) is 30.3 Å². The highest BCUT2D eigenvalue weighted by atomic mass is 19.3. The van der Waals surface area contributed by atoms with Gasteiger partial charge >= 0.3 is 6.09 Å². The van der Waals surface area contributed by atoms with Crippen LogP contribution in [0.5, 0.6) is 0 Å². The summed E-state index contributed by atoms with van der Waals surface area (Å²) >= 11 is 0. The second kappa shape index (κ2) is 6.83. The topological polar surface area (TPSA) is 32.8 Å². The van der Waals surface area contributed by atoms with Gasteiger partial charge in [0.05, 0.1) is 0 Å². The lowest BCUT2D eigenvalue weighted by Crippen LogP contribution is -2.46. The van der Waals surface area contributed by atoms with Gasteiger partial charge in [-0.25, -0.2) is 13.6 Å². The maximum Gasteiger partial charge on any atom is 0.410 e. The van der Waals surface area contributed by atoms with Gasteiger partial charge in [-0.2, -0.15) is 0 Å². The van der Waals surface area contributed by atoms with Gasteiger partial charge in [0.25, 0.3) is 5.92 Å². The van der Waals surface area contributed by atoms with Gasteiger partial charge in [0, 0.05) is 45.1 Å². The predicted octanol–water partition coefficient (Wildman–Crippen LogP) is 3.13. The zero-order valence-electron chi connectivity index (χ0n) is 13.1. The number of benzene rings is 1. The van der Waals surface area contributed by atoms with Crippen LogP contribution in [0.1, 0.15) is 24.8 Å². The molecule has 1 aromatic carbocycles. The minimum Gasteiger partial charge on any atom is -0.445 e. The van der Waals surface area contributed by atoms with E-state index in [4.69, 9.17) is 4.74 Å². The van der Waals surface area contributed by atoms with E-state index in [-0.39, 0.29) is 31.6 Å². The van der Waals surface area contributed by atoms with E-state index in [1.165, 1.54) is 0 Å². The first-order valence-electron chi connectivity index (χ1n) is 8.11. The number of likely N-dealkylation sites (tertiary alicyclic amines) is 2. The lowest BCUT2D eigenvalue weighted by atomic mass is 10.0. The largest absolute Gasteiger partial charge is 0.445 e. The molecule has 2 saturated heterocycles. The molecule has 6 heteroatoms. The van der Waals surface area contributed by atoms with Crippen molar-refractivity contribution in [2.45, 2.75) is 37.8 Å². The molecule has 0 saturated carbocycles. The van der Waals surface area contributed by atoms with E-state index in [2.05, 4.69) is 4.90 Å². The summed E-state index contributed by atoms with van der Waals surface area (Å²) in [5, 5.41) is 0. The standard InChI is InChI=1S/C17H22F2N2O2/c18-17(19)7-10-20(11-8-17)15-6-9-21(12-15)16(22)23-13-14-4-2-1-3-5-14/h1-5,15H,6-13H2/t15-/m1/s1. The number of halogens is 2. The number of alkyl halides is 2. The number of nitrogens with zero attached hydrogens (tertiary/aromatic N) is 2. The van der Waals surface area contributed by atoms with Gasteiger partial charge in [-0.05, 0) is 12.0 Å². The molecule has 0 unspecified atom stereocenters. The van der Waals surface area contributed by atoms with Gasteiger partial charge in [-0.3, -0.25) is 4.90 Å². The van der Waals surface area contributed by atoms with Crippen molar-refractivity contribution in [1.82, 2.24) is 9.80 Å². The summed E-state index contributed by atoms with van der Waals surface area (Å²) < 4.78 is 31.8. The van der Waals surface area contributed by atoms with E-state index in [0.717, 1.165) is 12.0 Å². The Kier molecular flexibility index (Phi) is 4.80. The molecule has 2 fully saturated rings. The molecule has 1 aromatic rings. The molecule has 0 aromatic heterocycles. The fraction of sp³-hybridized carbons (Fsp3) is 0.588. The first kappa shape index (κ1) is 16.2. The van der Waals surface area contributed by atoms with Gasteiger partial charge < -0.3 is 9.64 Å². The maximum atomic E-state index is 13.2. The number of amides is 1. The highest BCUT2D eigenvalue weighted by molar-refractivity contribution is 5.68. The Morgan fingerprint density at radius 2 is 1.87 bits per heavy atom. The van der Waals surface area contributed by atoms with Gasteiger partial charge in [-0.1, -0.05) is 30.3 Å². The third-order valence-electron chi connectivity index (χ3n) is 4.67. The van der Waals surface area contributed by atoms with Crippen LogP contribution in [0, 0.1) is 0 Å². The summed E-state index contributed by atoms with van der Waals surface area (Å²) in [6, 6.07) is 9.72. The number of hydrogen-bond donors (Lipinski definition) is 0. The zero-order valence-corrected chi connectivity index (χ0v) is 13.1. The number of ether oxygens (including phenoxy) is 1. The van der Waals surface area contributed by atoms with Crippen LogP contribution in [0.25, 0.3) is 0 Å². The molecule has 126 valence electrons. The molecule has 0 bridgehead atoms. The molecule has 2 aliphatic heterocycles. The van der Waals surface area contributed by atoms with Crippen molar-refractivity contribution in [2.75, 3.05) is 26.2 Å². The van der Waals surface area contributed by atoms with Crippen molar-refractivity contribution in [2.24, 2.45) is 0 Å². The quantitative estimate of drug-likeness (QED) is 0.856. The summed E-state index contributed by atoms with van der Waals surface area (Å²) in [5.74, 6) is -2.52. The molecule has 3 rings (SSSR count). The zero-order chi connectivity index (χ0) is 16.3. The third kappa shape index (κ3) is 4.19. The molecule has 2 aliphatic rings. The fourth-order valence-corrected chi connectivity index (χ4v) is 3.23. The third-order valence-corrected chi connectivity index (χ3v) is 4.67. The van der Waals surface area contributed by atoms with Crippen LogP contribution in [0.2, 0.25) is 0 Å². The van der Waals surface area contributed by atoms with Gasteiger partial charge in [0.15, 0.2) is 0 Å². The molecule has 4 nitrogen and oxygen atoms in total. The molecule has 0 spiro atoms. The van der Waals surface area contributed by atoms with Crippen LogP contribution in [0.15, 0.2) is 30.3 Å². The Labute approximate surface area is 135 Å². The number of piperidine rings is 1. The number of rotatable bonds is 3. The minimum atomic E-state index is -2.52. The lowest BCUT2D eigenvalue weighted by molar-refractivity contribution is -0.0621. The molecule has 0 radical (unpaired) electrons. The van der Waals surface area contributed by atoms with Crippen molar-refractivity contribution in [3.05, 3.63) is 35.9 Å². The molecule has 0 aliphatic carbocycles. The number of carbonyl (C=O) groups excluding carboxylic acids is 1. The molecule has 2 heterocycles. The van der Waals surface area contributed by atoms with Crippen molar-refractivity contribution in [3.8, 4) is 0 Å². The summed E-state index contributed by atoms with van der Waals surface area (Å²) in [7, 11) is 0. The van der Waals surface area contributed by atoms with Crippen molar-refractivity contribution in [3.63, 3.8) is 0 Å². The van der Waals surface area contributed by atoms with Crippen molar-refractivity contribution in [1.29, 1.82) is 0 Å². The van der Waals surface area contributed by atoms with Crippen LogP contribution < -0.4 is 0 Å². The summed E-state index contributed by atoms with van der Waals surface area (Å²) in [6.45, 7) is 2.27. The van der Waals surface area contributed by atoms with Crippen LogP contribution >= 0.6 is 0 Å². The van der Waals surface area contributed by atoms with Gasteiger partial charge in [0.1, 0.15) is 6.61 Å². The van der Waals surface area contributed by atoms with Crippen molar-refractivity contribution >= 4 is 6.09 Å². The second-order valence-electron chi connectivity index (χ2n) is 6.32. The second-order valence-corrected chi connectivity index (χ2v) is 6.32. The van der Waals surface area contributed by atoms with E-state index in [9.17, 15) is 13.6 Å². The van der Waals surface area contributed by atoms with E-state index >= 15 is 0 Å². The number of hydrogen-bond acceptors (Lipinski definition) is 3. The van der Waals surface area contributed by atoms with Gasteiger partial charge in [0.2, 0.25) is 0 Å². The maximum absolute atomic E-state index is 13.2. The average molecular weight is 324 g/mol. The Balaban J connectivity index is 1.45. The smallest absolute Gasteiger partial charge is 0.410 e. The van der Waals surface area contributed by atoms with E-state index < -0.39 is 5.92 Å². The predicted molar refractivity (Wildman–Crippen MR) is 82.4 cm³/mol. The van der Waals surface area contributed by atoms with Crippen LogP contribution in [0.4, 0.5) is 13.6 Å². The first-order valence-corrected chi connectivity index (χ1v) is 8.11. The number of carbonyl (C=O) groups is 1. The van der Waals surface area contributed by atoms with Gasteiger partial charge in [-0.15, -0.1) is 0 Å². The van der Waals surface area contributed by atoms with Crippen LogP contribution in [-0.4, -0.2) is 54.0 Å².